The molecule has 2 aromatic heterocycles. The first kappa shape index (κ1) is 20.5. The van der Waals surface area contributed by atoms with Gasteiger partial charge >= 0.3 is 0 Å². The number of nitrogens with one attached hydrogen (secondary N) is 1. The first-order valence-corrected chi connectivity index (χ1v) is 11.0. The molecule has 30 heavy (non-hydrogen) atoms. The standard InChI is InChI=1S/C23H26N4O2S/c1-12-7-6-8-13(2)19(12)25-17(28)11-27(5)23(29)20-14(3)18-15(4)24-21(16-9-10-16)26-22(18)30-20/h6-8,16H,9-11H2,1-5H3,(H,25,28). The van der Waals surface area contributed by atoms with Crippen LogP contribution in [0.4, 0.5) is 5.69 Å². The number of para-hydroxylation sites is 1. The SMILES string of the molecule is Cc1cccc(C)c1NC(=O)CN(C)C(=O)c1sc2nc(C3CC3)nc(C)c2c1C. The van der Waals surface area contributed by atoms with Crippen molar-refractivity contribution in [1.29, 1.82) is 0 Å². The molecule has 1 saturated carbocycles. The summed E-state index contributed by atoms with van der Waals surface area (Å²) < 4.78 is 0. The predicted octanol–water partition coefficient (Wildman–Crippen LogP) is 4.51. The van der Waals surface area contributed by atoms with Gasteiger partial charge in [-0.3, -0.25) is 9.59 Å². The van der Waals surface area contributed by atoms with E-state index in [-0.39, 0.29) is 18.4 Å². The summed E-state index contributed by atoms with van der Waals surface area (Å²) in [6, 6.07) is 5.87. The summed E-state index contributed by atoms with van der Waals surface area (Å²) in [5, 5.41) is 3.90. The molecule has 1 aromatic carbocycles. The Morgan fingerprint density at radius 2 is 1.80 bits per heavy atom. The van der Waals surface area contributed by atoms with E-state index in [1.165, 1.54) is 16.2 Å². The van der Waals surface area contributed by atoms with E-state index in [9.17, 15) is 9.59 Å². The van der Waals surface area contributed by atoms with Crippen molar-refractivity contribution in [2.75, 3.05) is 18.9 Å². The number of carbonyl (C=O) groups is 2. The average Bonchev–Trinajstić information content (AvgIpc) is 3.48. The molecule has 2 amide bonds. The van der Waals surface area contributed by atoms with Gasteiger partial charge in [0.25, 0.3) is 5.91 Å². The molecule has 2 heterocycles. The fourth-order valence-corrected chi connectivity index (χ4v) is 4.97. The van der Waals surface area contributed by atoms with Gasteiger partial charge in [-0.15, -0.1) is 11.3 Å². The number of benzene rings is 1. The lowest BCUT2D eigenvalue weighted by atomic mass is 10.1. The van der Waals surface area contributed by atoms with Crippen molar-refractivity contribution in [3.05, 3.63) is 51.3 Å². The maximum atomic E-state index is 13.1. The first-order chi connectivity index (χ1) is 14.3. The van der Waals surface area contributed by atoms with E-state index in [1.807, 2.05) is 45.9 Å². The molecule has 1 aliphatic rings. The molecule has 3 aromatic rings. The number of thiophene rings is 1. The predicted molar refractivity (Wildman–Crippen MR) is 120 cm³/mol. The third-order valence-corrected chi connectivity index (χ3v) is 6.77. The van der Waals surface area contributed by atoms with Crippen LogP contribution in [0, 0.1) is 27.7 Å². The maximum absolute atomic E-state index is 13.1. The van der Waals surface area contributed by atoms with Gasteiger partial charge < -0.3 is 10.2 Å². The van der Waals surface area contributed by atoms with Crippen molar-refractivity contribution >= 4 is 39.1 Å². The van der Waals surface area contributed by atoms with E-state index in [1.54, 1.807) is 7.05 Å². The van der Waals surface area contributed by atoms with E-state index < -0.39 is 0 Å². The Balaban J connectivity index is 1.53. The van der Waals surface area contributed by atoms with Crippen LogP contribution in [0.5, 0.6) is 0 Å². The van der Waals surface area contributed by atoms with E-state index in [2.05, 4.69) is 10.3 Å². The van der Waals surface area contributed by atoms with Crippen LogP contribution in [0.3, 0.4) is 0 Å². The molecular formula is C23H26N4O2S. The van der Waals surface area contributed by atoms with Crippen molar-refractivity contribution in [2.24, 2.45) is 0 Å². The Morgan fingerprint density at radius 3 is 2.43 bits per heavy atom. The fraction of sp³-hybridized carbons (Fsp3) is 0.391. The zero-order chi connectivity index (χ0) is 21.6. The monoisotopic (exact) mass is 422 g/mol. The average molecular weight is 423 g/mol. The zero-order valence-electron chi connectivity index (χ0n) is 18.0. The van der Waals surface area contributed by atoms with Crippen LogP contribution in [0.1, 0.15) is 56.6 Å². The van der Waals surface area contributed by atoms with Crippen LogP contribution in [0.2, 0.25) is 0 Å². The molecule has 0 atom stereocenters. The Kier molecular flexibility index (Phi) is 5.32. The van der Waals surface area contributed by atoms with E-state index in [0.717, 1.165) is 57.0 Å². The highest BCUT2D eigenvalue weighted by molar-refractivity contribution is 7.20. The lowest BCUT2D eigenvalue weighted by molar-refractivity contribution is -0.116. The topological polar surface area (TPSA) is 75.2 Å². The van der Waals surface area contributed by atoms with Gasteiger partial charge in [0.1, 0.15) is 10.7 Å². The van der Waals surface area contributed by atoms with Crippen LogP contribution in [-0.4, -0.2) is 40.3 Å². The summed E-state index contributed by atoms with van der Waals surface area (Å²) in [5.74, 6) is 0.973. The van der Waals surface area contributed by atoms with Gasteiger partial charge in [0.05, 0.1) is 17.1 Å². The molecule has 0 aliphatic heterocycles. The van der Waals surface area contributed by atoms with E-state index in [4.69, 9.17) is 4.98 Å². The van der Waals surface area contributed by atoms with Crippen molar-refractivity contribution < 1.29 is 9.59 Å². The fourth-order valence-electron chi connectivity index (χ4n) is 3.74. The molecule has 1 N–H and O–H groups in total. The van der Waals surface area contributed by atoms with Crippen LogP contribution < -0.4 is 5.32 Å². The minimum Gasteiger partial charge on any atom is -0.332 e. The summed E-state index contributed by atoms with van der Waals surface area (Å²) in [4.78, 5) is 38.0. The first-order valence-electron chi connectivity index (χ1n) is 10.2. The Morgan fingerprint density at radius 1 is 1.13 bits per heavy atom. The number of fused-ring (bicyclic) bond motifs is 1. The normalized spacial score (nSPS) is 13.5. The number of nitrogens with zero attached hydrogens (tertiary/aromatic N) is 3. The summed E-state index contributed by atoms with van der Waals surface area (Å²) in [6.45, 7) is 7.81. The number of aromatic nitrogens is 2. The number of carbonyl (C=O) groups excluding carboxylic acids is 2. The molecule has 4 rings (SSSR count). The van der Waals surface area contributed by atoms with Crippen molar-refractivity contribution in [2.45, 2.75) is 46.5 Å². The summed E-state index contributed by atoms with van der Waals surface area (Å²) in [7, 11) is 1.66. The Bertz CT molecular complexity index is 1140. The van der Waals surface area contributed by atoms with E-state index >= 15 is 0 Å². The number of anilines is 1. The largest absolute Gasteiger partial charge is 0.332 e. The van der Waals surface area contributed by atoms with Gasteiger partial charge in [-0.1, -0.05) is 18.2 Å². The third-order valence-electron chi connectivity index (χ3n) is 5.60. The summed E-state index contributed by atoms with van der Waals surface area (Å²) in [6.07, 6.45) is 2.28. The molecule has 0 saturated heterocycles. The van der Waals surface area contributed by atoms with Crippen molar-refractivity contribution in [1.82, 2.24) is 14.9 Å². The zero-order valence-corrected chi connectivity index (χ0v) is 18.8. The lowest BCUT2D eigenvalue weighted by Crippen LogP contribution is -2.35. The number of likely N-dealkylation sites (N-methyl/N-ethyl adjacent to an activating group) is 1. The molecule has 1 aliphatic carbocycles. The minimum absolute atomic E-state index is 0.0156. The van der Waals surface area contributed by atoms with Gasteiger partial charge in [-0.2, -0.15) is 0 Å². The van der Waals surface area contributed by atoms with Crippen LogP contribution in [0.15, 0.2) is 18.2 Å². The maximum Gasteiger partial charge on any atom is 0.264 e. The van der Waals surface area contributed by atoms with Gasteiger partial charge in [-0.25, -0.2) is 9.97 Å². The summed E-state index contributed by atoms with van der Waals surface area (Å²) in [5.41, 5.74) is 4.61. The van der Waals surface area contributed by atoms with Gasteiger partial charge in [0.2, 0.25) is 5.91 Å². The summed E-state index contributed by atoms with van der Waals surface area (Å²) >= 11 is 1.40. The smallest absolute Gasteiger partial charge is 0.264 e. The number of amides is 2. The van der Waals surface area contributed by atoms with E-state index in [0.29, 0.717) is 10.8 Å². The second-order valence-corrected chi connectivity index (χ2v) is 9.15. The molecule has 1 fully saturated rings. The molecule has 0 bridgehead atoms. The highest BCUT2D eigenvalue weighted by Crippen LogP contribution is 2.40. The molecule has 0 spiro atoms. The van der Waals surface area contributed by atoms with Crippen LogP contribution >= 0.6 is 11.3 Å². The Labute approximate surface area is 180 Å². The Hall–Kier alpha value is -2.80. The van der Waals surface area contributed by atoms with Crippen molar-refractivity contribution in [3.8, 4) is 0 Å². The van der Waals surface area contributed by atoms with Gasteiger partial charge in [0.15, 0.2) is 0 Å². The number of hydrogen-bond acceptors (Lipinski definition) is 5. The molecule has 0 radical (unpaired) electrons. The number of rotatable bonds is 5. The molecule has 7 heteroatoms. The third kappa shape index (κ3) is 3.81. The molecular weight excluding hydrogens is 396 g/mol. The van der Waals surface area contributed by atoms with Crippen molar-refractivity contribution in [3.63, 3.8) is 0 Å². The number of aryl methyl sites for hydroxylation is 4. The van der Waals surface area contributed by atoms with Crippen LogP contribution in [-0.2, 0) is 4.79 Å². The van der Waals surface area contributed by atoms with Gasteiger partial charge in [-0.05, 0) is 57.2 Å². The molecule has 156 valence electrons. The highest BCUT2D eigenvalue weighted by atomic mass is 32.1. The van der Waals surface area contributed by atoms with Crippen LogP contribution in [0.25, 0.3) is 10.2 Å². The lowest BCUT2D eigenvalue weighted by Gasteiger charge is -2.18. The molecule has 6 nitrogen and oxygen atoms in total. The second-order valence-electron chi connectivity index (χ2n) is 8.15. The second kappa shape index (κ2) is 7.80. The van der Waals surface area contributed by atoms with Gasteiger partial charge in [0, 0.05) is 24.0 Å². The highest BCUT2D eigenvalue weighted by Gasteiger charge is 2.29. The molecule has 0 unspecified atom stereocenters. The minimum atomic E-state index is -0.214. The quantitative estimate of drug-likeness (QED) is 0.656. The number of hydrogen-bond donors (Lipinski definition) is 1.